The number of benzene rings is 1. The molecule has 0 aromatic heterocycles. The molecule has 2 aliphatic heterocycles. The van der Waals surface area contributed by atoms with E-state index in [4.69, 9.17) is 14.2 Å². The predicted molar refractivity (Wildman–Crippen MR) is 86.3 cm³/mol. The van der Waals surface area contributed by atoms with Gasteiger partial charge in [-0.15, -0.1) is 0 Å². The van der Waals surface area contributed by atoms with Gasteiger partial charge in [0.1, 0.15) is 0 Å². The van der Waals surface area contributed by atoms with Gasteiger partial charge in [0.2, 0.25) is 0 Å². The molecular weight excluding hydrogens is 328 g/mol. The lowest BCUT2D eigenvalue weighted by molar-refractivity contribution is -0.155. The number of hydrogen-bond acceptors (Lipinski definition) is 8. The molecule has 1 aromatic rings. The number of carbonyl (C=O) groups excluding carboxylic acids is 3. The maximum Gasteiger partial charge on any atom is 0.337 e. The van der Waals surface area contributed by atoms with E-state index < -0.39 is 23.4 Å². The highest BCUT2D eigenvalue weighted by Crippen LogP contribution is 2.53. The molecule has 0 saturated carbocycles. The molecule has 0 spiro atoms. The molecule has 0 N–H and O–H groups in total. The predicted octanol–water partition coefficient (Wildman–Crippen LogP) is 0.378. The minimum absolute atomic E-state index is 0.0113. The molecule has 8 nitrogen and oxygen atoms in total. The van der Waals surface area contributed by atoms with Crippen molar-refractivity contribution in [2.45, 2.75) is 5.54 Å². The molecule has 8 heteroatoms. The summed E-state index contributed by atoms with van der Waals surface area (Å²) < 4.78 is 14.7. The fourth-order valence-electron chi connectivity index (χ4n) is 3.62. The molecule has 1 atom stereocenters. The molecule has 0 fully saturated rings. The maximum atomic E-state index is 12.9. The Kier molecular flexibility index (Phi) is 4.00. The first-order chi connectivity index (χ1) is 11.9. The van der Waals surface area contributed by atoms with Gasteiger partial charge < -0.3 is 19.2 Å². The third-order valence-electron chi connectivity index (χ3n) is 4.67. The van der Waals surface area contributed by atoms with E-state index in [0.29, 0.717) is 5.56 Å². The minimum Gasteiger partial charge on any atom is -0.467 e. The lowest BCUT2D eigenvalue weighted by Crippen LogP contribution is -2.53. The van der Waals surface area contributed by atoms with Crippen LogP contribution in [0.3, 0.4) is 0 Å². The fraction of sp³-hybridized carbons (Fsp3) is 0.353. The van der Waals surface area contributed by atoms with Crippen molar-refractivity contribution in [2.75, 3.05) is 39.9 Å². The molecule has 25 heavy (non-hydrogen) atoms. The Hall–Kier alpha value is -2.87. The second kappa shape index (κ2) is 5.89. The van der Waals surface area contributed by atoms with E-state index in [1.165, 1.54) is 21.3 Å². The number of hydrazine groups is 1. The molecule has 3 rings (SSSR count). The Labute approximate surface area is 144 Å². The molecule has 1 aromatic carbocycles. The highest BCUT2D eigenvalue weighted by atomic mass is 16.5. The van der Waals surface area contributed by atoms with Gasteiger partial charge in [-0.2, -0.15) is 5.01 Å². The SMILES string of the molecule is COC(=O)C1=C(C(=O)OC)C2(C(=O)OC)c3ccccc3N(C)N2C1. The first kappa shape index (κ1) is 17.0. The van der Waals surface area contributed by atoms with Crippen molar-refractivity contribution in [3.8, 4) is 0 Å². The third-order valence-corrected chi connectivity index (χ3v) is 4.67. The van der Waals surface area contributed by atoms with Gasteiger partial charge in [-0.1, -0.05) is 18.2 Å². The van der Waals surface area contributed by atoms with Crippen LogP contribution in [0.15, 0.2) is 35.4 Å². The Morgan fingerprint density at radius 1 is 1.00 bits per heavy atom. The third kappa shape index (κ3) is 2.00. The molecular formula is C17H18N2O6. The number of fused-ring (bicyclic) bond motifs is 3. The first-order valence-electron chi connectivity index (χ1n) is 7.54. The van der Waals surface area contributed by atoms with E-state index in [1.807, 2.05) is 12.1 Å². The van der Waals surface area contributed by atoms with E-state index in [0.717, 1.165) is 5.69 Å². The van der Waals surface area contributed by atoms with E-state index in [1.54, 1.807) is 29.2 Å². The number of para-hydroxylation sites is 1. The van der Waals surface area contributed by atoms with E-state index in [-0.39, 0.29) is 17.7 Å². The minimum atomic E-state index is -1.59. The summed E-state index contributed by atoms with van der Waals surface area (Å²) in [6.45, 7) is 0.0113. The summed E-state index contributed by atoms with van der Waals surface area (Å²) in [6, 6.07) is 7.13. The van der Waals surface area contributed by atoms with Crippen LogP contribution in [-0.2, 0) is 34.1 Å². The van der Waals surface area contributed by atoms with Crippen LogP contribution in [-0.4, -0.2) is 57.8 Å². The number of rotatable bonds is 3. The number of anilines is 1. The summed E-state index contributed by atoms with van der Waals surface area (Å²) in [5.74, 6) is -2.15. The fourth-order valence-corrected chi connectivity index (χ4v) is 3.62. The zero-order valence-corrected chi connectivity index (χ0v) is 14.4. The average Bonchev–Trinajstić information content (AvgIpc) is 3.12. The summed E-state index contributed by atoms with van der Waals surface area (Å²) >= 11 is 0. The molecule has 2 heterocycles. The monoisotopic (exact) mass is 346 g/mol. The molecule has 2 aliphatic rings. The van der Waals surface area contributed by atoms with Crippen LogP contribution in [0, 0.1) is 0 Å². The van der Waals surface area contributed by atoms with E-state index in [9.17, 15) is 14.4 Å². The maximum absolute atomic E-state index is 12.9. The highest BCUT2D eigenvalue weighted by Gasteiger charge is 2.65. The molecule has 132 valence electrons. The van der Waals surface area contributed by atoms with Gasteiger partial charge in [0.25, 0.3) is 0 Å². The molecule has 0 amide bonds. The Bertz CT molecular complexity index is 802. The second-order valence-electron chi connectivity index (χ2n) is 5.64. The van der Waals surface area contributed by atoms with Gasteiger partial charge in [0, 0.05) is 12.6 Å². The second-order valence-corrected chi connectivity index (χ2v) is 5.64. The van der Waals surface area contributed by atoms with Crippen molar-refractivity contribution >= 4 is 23.6 Å². The van der Waals surface area contributed by atoms with Crippen LogP contribution in [0.2, 0.25) is 0 Å². The Morgan fingerprint density at radius 2 is 1.64 bits per heavy atom. The van der Waals surface area contributed by atoms with Crippen molar-refractivity contribution in [2.24, 2.45) is 0 Å². The number of nitrogens with zero attached hydrogens (tertiary/aromatic N) is 2. The van der Waals surface area contributed by atoms with Gasteiger partial charge in [-0.3, -0.25) is 0 Å². The van der Waals surface area contributed by atoms with Crippen molar-refractivity contribution < 1.29 is 28.6 Å². The summed E-state index contributed by atoms with van der Waals surface area (Å²) in [7, 11) is 5.40. The standard InChI is InChI=1S/C17H18N2O6/c1-18-12-8-6-5-7-11(12)17(16(22)25-4)13(15(21)24-3)10(9-19(17)18)14(20)23-2/h5-8H,9H2,1-4H3. The van der Waals surface area contributed by atoms with Crippen LogP contribution in [0.25, 0.3) is 0 Å². The number of esters is 3. The summed E-state index contributed by atoms with van der Waals surface area (Å²) in [6.07, 6.45) is 0. The zero-order chi connectivity index (χ0) is 18.4. The number of methoxy groups -OCH3 is 3. The van der Waals surface area contributed by atoms with Crippen molar-refractivity contribution in [1.82, 2.24) is 5.01 Å². The molecule has 0 bridgehead atoms. The van der Waals surface area contributed by atoms with Crippen LogP contribution in [0.1, 0.15) is 5.56 Å². The van der Waals surface area contributed by atoms with Gasteiger partial charge in [-0.05, 0) is 6.07 Å². The lowest BCUT2D eigenvalue weighted by atomic mass is 9.82. The first-order valence-corrected chi connectivity index (χ1v) is 7.54. The van der Waals surface area contributed by atoms with Crippen molar-refractivity contribution in [1.29, 1.82) is 0 Å². The van der Waals surface area contributed by atoms with Gasteiger partial charge >= 0.3 is 17.9 Å². The topological polar surface area (TPSA) is 85.4 Å². The molecule has 0 saturated heterocycles. The molecule has 0 radical (unpaired) electrons. The van der Waals surface area contributed by atoms with Crippen LogP contribution in [0.4, 0.5) is 5.69 Å². The number of ether oxygens (including phenoxy) is 3. The van der Waals surface area contributed by atoms with E-state index >= 15 is 0 Å². The molecule has 0 aliphatic carbocycles. The normalized spacial score (nSPS) is 21.7. The van der Waals surface area contributed by atoms with E-state index in [2.05, 4.69) is 0 Å². The Morgan fingerprint density at radius 3 is 2.24 bits per heavy atom. The Balaban J connectivity index is 2.38. The largest absolute Gasteiger partial charge is 0.467 e. The van der Waals surface area contributed by atoms with Crippen LogP contribution in [0.5, 0.6) is 0 Å². The lowest BCUT2D eigenvalue weighted by Gasteiger charge is -2.34. The van der Waals surface area contributed by atoms with Crippen molar-refractivity contribution in [3.05, 3.63) is 41.0 Å². The average molecular weight is 346 g/mol. The summed E-state index contributed by atoms with van der Waals surface area (Å²) in [5, 5.41) is 3.34. The van der Waals surface area contributed by atoms with Gasteiger partial charge in [0.15, 0.2) is 5.54 Å². The van der Waals surface area contributed by atoms with Gasteiger partial charge in [0.05, 0.1) is 44.7 Å². The zero-order valence-electron chi connectivity index (χ0n) is 14.4. The quantitative estimate of drug-likeness (QED) is 0.574. The summed E-state index contributed by atoms with van der Waals surface area (Å²) in [4.78, 5) is 37.8. The summed E-state index contributed by atoms with van der Waals surface area (Å²) in [5.41, 5.74) is -0.315. The van der Waals surface area contributed by atoms with Crippen molar-refractivity contribution in [3.63, 3.8) is 0 Å². The van der Waals surface area contributed by atoms with Crippen LogP contribution >= 0.6 is 0 Å². The van der Waals surface area contributed by atoms with Crippen LogP contribution < -0.4 is 5.01 Å². The molecule has 1 unspecified atom stereocenters. The van der Waals surface area contributed by atoms with Gasteiger partial charge in [-0.25, -0.2) is 14.4 Å². The number of hydrogen-bond donors (Lipinski definition) is 0. The smallest absolute Gasteiger partial charge is 0.337 e. The highest BCUT2D eigenvalue weighted by molar-refractivity contribution is 6.11. The number of carbonyl (C=O) groups is 3.